The van der Waals surface area contributed by atoms with Crippen molar-refractivity contribution in [2.75, 3.05) is 12.0 Å². The van der Waals surface area contributed by atoms with Gasteiger partial charge in [-0.1, -0.05) is 48.5 Å². The van der Waals surface area contributed by atoms with Gasteiger partial charge < -0.3 is 25.3 Å². The Labute approximate surface area is 180 Å². The molecule has 2 aromatic carbocycles. The normalized spacial score (nSPS) is 24.9. The Bertz CT molecular complexity index is 1070. The predicted octanol–water partition coefficient (Wildman–Crippen LogP) is 2.24. The molecule has 2 aliphatic heterocycles. The second kappa shape index (κ2) is 8.16. The smallest absolute Gasteiger partial charge is 0.164 e. The van der Waals surface area contributed by atoms with Crippen molar-refractivity contribution in [1.29, 1.82) is 0 Å². The number of hydrogen-bond donors (Lipinski definition) is 4. The molecule has 3 aromatic rings. The van der Waals surface area contributed by atoms with Crippen LogP contribution >= 0.6 is 0 Å². The molecule has 4 atom stereocenters. The molecule has 0 radical (unpaired) electrons. The molecule has 8 heteroatoms. The number of aliphatic hydroxyl groups is 2. The van der Waals surface area contributed by atoms with E-state index in [0.717, 1.165) is 22.4 Å². The highest BCUT2D eigenvalue weighted by Crippen LogP contribution is 2.41. The Balaban J connectivity index is 1.53. The third kappa shape index (κ3) is 3.60. The number of aliphatic imine (C=N–C) groups is 1. The first-order valence-electron chi connectivity index (χ1n) is 10.3. The second-order valence-corrected chi connectivity index (χ2v) is 7.75. The monoisotopic (exact) mass is 419 g/mol. The Hall–Kier alpha value is -3.17. The first-order chi connectivity index (χ1) is 15.2. The molecule has 5 N–H and O–H groups in total. The van der Waals surface area contributed by atoms with Crippen LogP contribution in [-0.2, 0) is 11.3 Å². The summed E-state index contributed by atoms with van der Waals surface area (Å²) in [5, 5.41) is 22.8. The van der Waals surface area contributed by atoms with Gasteiger partial charge in [0.1, 0.15) is 30.5 Å². The van der Waals surface area contributed by atoms with E-state index >= 15 is 0 Å². The number of aliphatic hydroxyl groups excluding tert-OH is 2. The molecule has 5 rings (SSSR count). The third-order valence-corrected chi connectivity index (χ3v) is 5.73. The van der Waals surface area contributed by atoms with Crippen LogP contribution in [0.5, 0.6) is 0 Å². The Morgan fingerprint density at radius 2 is 1.74 bits per heavy atom. The van der Waals surface area contributed by atoms with Gasteiger partial charge in [0.25, 0.3) is 0 Å². The lowest BCUT2D eigenvalue weighted by Gasteiger charge is -2.26. The third-order valence-electron chi connectivity index (χ3n) is 5.73. The number of nitrogens with zero attached hydrogens (tertiary/aromatic N) is 3. The topological polar surface area (TPSA) is 108 Å². The van der Waals surface area contributed by atoms with Gasteiger partial charge in [-0.25, -0.2) is 4.99 Å². The van der Waals surface area contributed by atoms with Crippen LogP contribution in [-0.4, -0.2) is 51.0 Å². The summed E-state index contributed by atoms with van der Waals surface area (Å²) in [6, 6.07) is 19.9. The Morgan fingerprint density at radius 3 is 2.42 bits per heavy atom. The van der Waals surface area contributed by atoms with Gasteiger partial charge in [0, 0.05) is 23.9 Å². The molecule has 31 heavy (non-hydrogen) atoms. The second-order valence-electron chi connectivity index (χ2n) is 7.75. The van der Waals surface area contributed by atoms with Crippen LogP contribution in [0, 0.1) is 0 Å². The number of para-hydroxylation sites is 1. The maximum Gasteiger partial charge on any atom is 0.164 e. The predicted molar refractivity (Wildman–Crippen MR) is 119 cm³/mol. The number of hydrogen-bond acceptors (Lipinski definition) is 7. The van der Waals surface area contributed by atoms with Crippen LogP contribution < -0.4 is 11.2 Å². The molecule has 8 nitrogen and oxygen atoms in total. The van der Waals surface area contributed by atoms with Crippen LogP contribution in [0.15, 0.2) is 71.9 Å². The summed E-state index contributed by atoms with van der Waals surface area (Å²) >= 11 is 0. The van der Waals surface area contributed by atoms with E-state index in [4.69, 9.17) is 10.5 Å². The minimum absolute atomic E-state index is 0.127. The van der Waals surface area contributed by atoms with E-state index in [0.29, 0.717) is 12.4 Å². The maximum atomic E-state index is 10.6. The van der Waals surface area contributed by atoms with E-state index in [1.807, 2.05) is 71.9 Å². The molecule has 3 heterocycles. The van der Waals surface area contributed by atoms with Gasteiger partial charge >= 0.3 is 0 Å². The van der Waals surface area contributed by atoms with Gasteiger partial charge in [-0.15, -0.1) is 0 Å². The van der Waals surface area contributed by atoms with Crippen molar-refractivity contribution < 1.29 is 14.9 Å². The summed E-state index contributed by atoms with van der Waals surface area (Å²) in [6.45, 7) is 0.693. The van der Waals surface area contributed by atoms with E-state index in [-0.39, 0.29) is 6.54 Å². The van der Waals surface area contributed by atoms with Crippen molar-refractivity contribution in [2.24, 2.45) is 10.7 Å². The summed E-state index contributed by atoms with van der Waals surface area (Å²) in [5.74, 6) is 0.693. The van der Waals surface area contributed by atoms with Crippen LogP contribution in [0.3, 0.4) is 0 Å². The highest BCUT2D eigenvalue weighted by atomic mass is 16.6. The van der Waals surface area contributed by atoms with E-state index < -0.39 is 24.5 Å². The molecule has 0 aliphatic carbocycles. The van der Waals surface area contributed by atoms with E-state index in [2.05, 4.69) is 10.4 Å². The number of benzene rings is 2. The highest BCUT2D eigenvalue weighted by molar-refractivity contribution is 5.77. The number of ether oxygens (including phenoxy) is 1. The summed E-state index contributed by atoms with van der Waals surface area (Å²) < 4.78 is 7.70. The highest BCUT2D eigenvalue weighted by Gasteiger charge is 2.44. The van der Waals surface area contributed by atoms with Crippen molar-refractivity contribution in [3.05, 3.63) is 72.4 Å². The molecular weight excluding hydrogens is 394 g/mol. The lowest BCUT2D eigenvalue weighted by molar-refractivity contribution is -0.0330. The summed E-state index contributed by atoms with van der Waals surface area (Å²) in [6.07, 6.45) is 0.130. The fraction of sp³-hybridized carbons (Fsp3) is 0.261. The minimum Gasteiger partial charge on any atom is -0.387 e. The van der Waals surface area contributed by atoms with E-state index in [9.17, 15) is 10.2 Å². The maximum absolute atomic E-state index is 10.6. The van der Waals surface area contributed by atoms with Gasteiger partial charge in [-0.3, -0.25) is 10.4 Å². The molecule has 1 fully saturated rings. The lowest BCUT2D eigenvalue weighted by Crippen LogP contribution is -2.35. The zero-order valence-corrected chi connectivity index (χ0v) is 16.9. The molecular formula is C23H25N5O3. The van der Waals surface area contributed by atoms with Gasteiger partial charge in [-0.2, -0.15) is 0 Å². The zero-order valence-electron chi connectivity index (χ0n) is 16.9. The average Bonchev–Trinajstić information content (AvgIpc) is 3.32. The zero-order chi connectivity index (χ0) is 21.4. The fourth-order valence-corrected chi connectivity index (χ4v) is 4.15. The number of rotatable bonds is 5. The first kappa shape index (κ1) is 19.8. The number of anilines is 1. The molecule has 0 unspecified atom stereocenters. The minimum atomic E-state index is -1.09. The van der Waals surface area contributed by atoms with Crippen LogP contribution in [0.1, 0.15) is 11.8 Å². The molecule has 0 spiro atoms. The molecule has 1 saturated heterocycles. The van der Waals surface area contributed by atoms with Crippen LogP contribution in [0.2, 0.25) is 0 Å². The number of nitrogens with one attached hydrogen (secondary N) is 1. The van der Waals surface area contributed by atoms with Crippen molar-refractivity contribution in [1.82, 2.24) is 9.58 Å². The fourth-order valence-electron chi connectivity index (χ4n) is 4.15. The van der Waals surface area contributed by atoms with Gasteiger partial charge in [-0.05, 0) is 17.7 Å². The van der Waals surface area contributed by atoms with Crippen LogP contribution in [0.4, 0.5) is 11.5 Å². The van der Waals surface area contributed by atoms with Gasteiger partial charge in [0.15, 0.2) is 6.23 Å². The Kier molecular flexibility index (Phi) is 5.21. The number of nitrogens with two attached hydrogens (primary N) is 1. The van der Waals surface area contributed by atoms with Gasteiger partial charge in [0.05, 0.1) is 12.2 Å². The lowest BCUT2D eigenvalue weighted by atomic mass is 10.0. The van der Waals surface area contributed by atoms with Crippen molar-refractivity contribution in [2.45, 2.75) is 31.1 Å². The number of hydrazine groups is 1. The quantitative estimate of drug-likeness (QED) is 0.505. The summed E-state index contributed by atoms with van der Waals surface area (Å²) in [4.78, 5) is 4.67. The molecule has 0 bridgehead atoms. The summed E-state index contributed by atoms with van der Waals surface area (Å²) in [7, 11) is 0. The Morgan fingerprint density at radius 1 is 1.03 bits per heavy atom. The number of aromatic nitrogens is 1. The van der Waals surface area contributed by atoms with Gasteiger partial charge in [0.2, 0.25) is 0 Å². The van der Waals surface area contributed by atoms with Crippen molar-refractivity contribution in [3.63, 3.8) is 0 Å². The molecule has 0 saturated carbocycles. The standard InChI is InChI=1S/C23H25N5O3/c24-11-19-20(29)21(30)23(31-19)28-13-17(15-7-3-1-4-8-15)18-12-27(14-25-22(18)28)26-16-9-5-2-6-10-16/h1-10,13-14,19-21,23,26,29-30H,11-12,24H2/t19-,20+,21+,23-/m1/s1. The average molecular weight is 419 g/mol. The number of fused-ring (bicyclic) bond motifs is 1. The molecule has 160 valence electrons. The largest absolute Gasteiger partial charge is 0.387 e. The SMILES string of the molecule is NC[C@H]1O[C@@H](n2cc(-c3ccccc3)c3c2N=CN(Nc2ccccc2)C3)[C@@H](O)[C@H]1O. The van der Waals surface area contributed by atoms with E-state index in [1.54, 1.807) is 10.9 Å². The molecule has 0 amide bonds. The van der Waals surface area contributed by atoms with Crippen molar-refractivity contribution in [3.8, 4) is 11.1 Å². The summed E-state index contributed by atoms with van der Waals surface area (Å²) in [5.41, 5.74) is 13.0. The van der Waals surface area contributed by atoms with Crippen LogP contribution in [0.25, 0.3) is 11.1 Å². The molecule has 1 aromatic heterocycles. The first-order valence-corrected chi connectivity index (χ1v) is 10.3. The van der Waals surface area contributed by atoms with Crippen molar-refractivity contribution >= 4 is 17.8 Å². The molecule has 2 aliphatic rings. The van der Waals surface area contributed by atoms with E-state index in [1.165, 1.54) is 0 Å².